The van der Waals surface area contributed by atoms with Crippen LogP contribution >= 0.6 is 0 Å². The Morgan fingerprint density at radius 2 is 1.50 bits per heavy atom. The van der Waals surface area contributed by atoms with E-state index in [1.54, 1.807) is 0 Å². The van der Waals surface area contributed by atoms with Crippen LogP contribution in [0.15, 0.2) is 0 Å². The molecule has 0 spiro atoms. The second-order valence-electron chi connectivity index (χ2n) is 0. The van der Waals surface area contributed by atoms with Crippen LogP contribution in [0.1, 0.15) is 5.71 Å². The van der Waals surface area contributed by atoms with Crippen molar-refractivity contribution in [3.8, 4) is 0 Å². The smallest absolute Gasteiger partial charge is 2.00 e. The molecule has 25 valence electrons. The van der Waals surface area contributed by atoms with E-state index in [0.29, 0.717) is 0 Å². The van der Waals surface area contributed by atoms with Crippen LogP contribution in [0.2, 0.25) is 0 Å². The summed E-state index contributed by atoms with van der Waals surface area (Å²) >= 11 is 2.94. The maximum absolute atomic E-state index is 7.81. The van der Waals surface area contributed by atoms with Crippen molar-refractivity contribution in [2.75, 3.05) is 0 Å². The second kappa shape index (κ2) is 16.6. The summed E-state index contributed by atoms with van der Waals surface area (Å²) in [5.74, 6) is 0. The topological polar surface area (TPSA) is 17.1 Å². The molecule has 0 aliphatic heterocycles. The Kier molecular flexibility index (Phi) is 65.2. The molecule has 0 aromatic carbocycles. The Balaban J connectivity index is -0.000000000333. The van der Waals surface area contributed by atoms with E-state index < -0.39 is 0 Å². The minimum Gasteiger partial charge on any atom is 2.00 e. The Morgan fingerprint density at radius 3 is 1.50 bits per heavy atom. The van der Waals surface area contributed by atoms with Crippen molar-refractivity contribution in [3.05, 3.63) is 0 Å². The van der Waals surface area contributed by atoms with Gasteiger partial charge in [0.25, 0.3) is 0 Å². The molecular weight excluding hydrogens is 207 g/mol. The molecule has 4 heteroatoms. The van der Waals surface area contributed by atoms with Gasteiger partial charge in [-0.1, -0.05) is 0 Å². The predicted molar refractivity (Wildman–Crippen MR) is 16.6 cm³/mol. The minimum atomic E-state index is 0. The molecule has 1 nitrogen and oxygen atoms in total. The van der Waals surface area contributed by atoms with E-state index in [2.05, 4.69) is 15.9 Å². The van der Waals surface area contributed by atoms with Gasteiger partial charge in [0, 0.05) is 0 Å². The Bertz CT molecular complexity index is 16.0. The van der Waals surface area contributed by atoms with Gasteiger partial charge in [-0.15, -0.1) is 0 Å². The zero-order chi connectivity index (χ0) is 2.00. The van der Waals surface area contributed by atoms with Crippen LogP contribution in [0.4, 0.5) is 0 Å². The van der Waals surface area contributed by atoms with Crippen molar-refractivity contribution in [2.24, 2.45) is 0 Å². The van der Waals surface area contributed by atoms with Crippen LogP contribution in [0.5, 0.6) is 0 Å². The van der Waals surface area contributed by atoms with E-state index >= 15 is 0 Å². The predicted octanol–water partition coefficient (Wildman–Crippen LogP) is -0.433. The normalized spacial score (nSPS) is 1.50. The first kappa shape index (κ1) is 15.7. The SMILES string of the molecule is [Ca+2].[H-].[H-].[H-].[H-].[O]=[Cu].[Sr+2]. The summed E-state index contributed by atoms with van der Waals surface area (Å²) in [6, 6.07) is 0. The molecule has 0 rings (SSSR count). The largest absolute Gasteiger partial charge is 2.00 e. The van der Waals surface area contributed by atoms with Crippen molar-refractivity contribution >= 4 is 83.2 Å². The standard InChI is InChI=1S/Ca.Cu.O.Sr.4H/q+2;;;+2;4*-1. The summed E-state index contributed by atoms with van der Waals surface area (Å²) in [6.45, 7) is 0. The number of hydrogen-bond donors (Lipinski definition) is 0. The Hall–Kier alpha value is 3.06. The molecule has 0 fully saturated rings. The average Bonchev–Trinajstić information content (AvgIpc) is 1.00. The fraction of sp³-hybridized carbons (Fsp3) is 0. The quantitative estimate of drug-likeness (QED) is 0.497. The van der Waals surface area contributed by atoms with Gasteiger partial charge in [-0.3, -0.25) is 0 Å². The van der Waals surface area contributed by atoms with E-state index in [9.17, 15) is 0 Å². The van der Waals surface area contributed by atoms with E-state index in [-0.39, 0.29) is 88.9 Å². The molecule has 0 N–H and O–H groups in total. The average molecular weight is 211 g/mol. The molecular formula is H4CaCuOSr. The summed E-state index contributed by atoms with van der Waals surface area (Å²) in [4.78, 5) is 0. The summed E-state index contributed by atoms with van der Waals surface area (Å²) in [5.41, 5.74) is 0. The van der Waals surface area contributed by atoms with Crippen LogP contribution in [-0.4, -0.2) is 83.2 Å². The van der Waals surface area contributed by atoms with Gasteiger partial charge in [0.15, 0.2) is 0 Å². The molecule has 0 aromatic heterocycles. The Morgan fingerprint density at radius 1 is 1.50 bits per heavy atom. The molecule has 0 atom stereocenters. The monoisotopic (exact) mass is 211 g/mol. The van der Waals surface area contributed by atoms with Crippen LogP contribution in [0, 0.1) is 0 Å². The van der Waals surface area contributed by atoms with E-state index in [1.807, 2.05) is 0 Å². The fourth-order valence-corrected chi connectivity index (χ4v) is 0. The fourth-order valence-electron chi connectivity index (χ4n) is 0. The molecule has 0 unspecified atom stereocenters. The first-order chi connectivity index (χ1) is 1.00. The maximum atomic E-state index is 7.81. The molecule has 0 heterocycles. The van der Waals surface area contributed by atoms with Gasteiger partial charge in [-0.05, 0) is 0 Å². The van der Waals surface area contributed by atoms with Crippen molar-refractivity contribution in [3.63, 3.8) is 0 Å². The zero-order valence-electron chi connectivity index (χ0n) is 6.12. The van der Waals surface area contributed by atoms with Crippen molar-refractivity contribution in [1.82, 2.24) is 0 Å². The van der Waals surface area contributed by atoms with E-state index in [4.69, 9.17) is 3.83 Å². The van der Waals surface area contributed by atoms with E-state index in [0.717, 1.165) is 0 Å². The summed E-state index contributed by atoms with van der Waals surface area (Å²) in [6.07, 6.45) is 0. The molecule has 0 aromatic rings. The van der Waals surface area contributed by atoms with Gasteiger partial charge in [0.05, 0.1) is 0 Å². The molecule has 0 radical (unpaired) electrons. The second-order valence-corrected chi connectivity index (χ2v) is 0. The van der Waals surface area contributed by atoms with Gasteiger partial charge in [-0.25, -0.2) is 0 Å². The van der Waals surface area contributed by atoms with Crippen LogP contribution in [0.3, 0.4) is 0 Å². The zero-order valence-corrected chi connectivity index (χ0v) is 8.75. The molecule has 4 heavy (non-hydrogen) atoms. The molecule has 0 aliphatic rings. The van der Waals surface area contributed by atoms with Gasteiger partial charge >= 0.3 is 103 Å². The number of rotatable bonds is 0. The van der Waals surface area contributed by atoms with Crippen LogP contribution in [-0.2, 0) is 19.8 Å². The molecule has 0 saturated heterocycles. The third-order valence-electron chi connectivity index (χ3n) is 0. The molecule has 0 aliphatic carbocycles. The first-order valence-corrected chi connectivity index (χ1v) is 0.508. The maximum Gasteiger partial charge on any atom is 2.00 e. The first-order valence-electron chi connectivity index (χ1n) is 0.123. The van der Waals surface area contributed by atoms with Gasteiger partial charge in [0.2, 0.25) is 0 Å². The van der Waals surface area contributed by atoms with Gasteiger partial charge < -0.3 is 5.71 Å². The summed E-state index contributed by atoms with van der Waals surface area (Å²) in [5, 5.41) is 0. The third-order valence-corrected chi connectivity index (χ3v) is 0. The molecule has 0 saturated carbocycles. The van der Waals surface area contributed by atoms with Crippen LogP contribution in [0.25, 0.3) is 0 Å². The van der Waals surface area contributed by atoms with E-state index in [1.165, 1.54) is 0 Å². The summed E-state index contributed by atoms with van der Waals surface area (Å²) < 4.78 is 7.81. The molecule has 0 bridgehead atoms. The van der Waals surface area contributed by atoms with Crippen molar-refractivity contribution in [1.29, 1.82) is 0 Å². The van der Waals surface area contributed by atoms with Gasteiger partial charge in [0.1, 0.15) is 0 Å². The summed E-state index contributed by atoms with van der Waals surface area (Å²) in [7, 11) is 0. The Labute approximate surface area is 106 Å². The van der Waals surface area contributed by atoms with Crippen LogP contribution < -0.4 is 0 Å². The minimum absolute atomic E-state index is 0. The number of hydrogen-bond acceptors (Lipinski definition) is 1. The van der Waals surface area contributed by atoms with Crippen molar-refractivity contribution in [2.45, 2.75) is 0 Å². The van der Waals surface area contributed by atoms with Crippen molar-refractivity contribution < 1.29 is 25.5 Å². The third kappa shape index (κ3) is 8.91. The van der Waals surface area contributed by atoms with Gasteiger partial charge in [-0.2, -0.15) is 0 Å². The molecule has 0 amide bonds.